The van der Waals surface area contributed by atoms with Gasteiger partial charge in [0.2, 0.25) is 20.0 Å². The van der Waals surface area contributed by atoms with Gasteiger partial charge in [-0.05, 0) is 27.2 Å². The SMILES string of the molecule is CCNC(=NCCCNS(C)(=O)=O)N1CCN(S(=O)(=O)CCOC(C)C)CC1.I. The summed E-state index contributed by atoms with van der Waals surface area (Å²) in [5.74, 6) is 0.717. The van der Waals surface area contributed by atoms with Gasteiger partial charge in [0.25, 0.3) is 0 Å². The van der Waals surface area contributed by atoms with Crippen LogP contribution in [0.1, 0.15) is 27.2 Å². The molecular weight excluding hydrogens is 533 g/mol. The zero-order chi connectivity index (χ0) is 21.2. The molecule has 0 bridgehead atoms. The molecule has 10 nitrogen and oxygen atoms in total. The first-order chi connectivity index (χ1) is 13.0. The number of halogens is 1. The third-order valence-corrected chi connectivity index (χ3v) is 6.58. The molecule has 1 aliphatic heterocycles. The minimum absolute atomic E-state index is 0. The van der Waals surface area contributed by atoms with Gasteiger partial charge in [-0.25, -0.2) is 21.6 Å². The number of nitrogens with zero attached hydrogens (tertiary/aromatic N) is 3. The molecule has 0 amide bonds. The fraction of sp³-hybridized carbons (Fsp3) is 0.938. The minimum atomic E-state index is -3.32. The molecule has 1 saturated heterocycles. The van der Waals surface area contributed by atoms with E-state index in [2.05, 4.69) is 15.0 Å². The Kier molecular flexibility index (Phi) is 13.9. The second-order valence-electron chi connectivity index (χ2n) is 6.88. The highest BCUT2D eigenvalue weighted by Crippen LogP contribution is 2.09. The summed E-state index contributed by atoms with van der Waals surface area (Å²) in [4.78, 5) is 6.55. The number of piperazine rings is 1. The molecule has 0 aromatic heterocycles. The van der Waals surface area contributed by atoms with Crippen LogP contribution in [-0.2, 0) is 24.8 Å². The lowest BCUT2D eigenvalue weighted by Crippen LogP contribution is -2.54. The molecule has 1 rings (SSSR count). The van der Waals surface area contributed by atoms with E-state index in [1.54, 1.807) is 0 Å². The van der Waals surface area contributed by atoms with Crippen LogP contribution in [0.4, 0.5) is 0 Å². The maximum atomic E-state index is 12.4. The van der Waals surface area contributed by atoms with Crippen molar-refractivity contribution >= 4 is 50.0 Å². The van der Waals surface area contributed by atoms with Crippen LogP contribution in [0.3, 0.4) is 0 Å². The highest BCUT2D eigenvalue weighted by Gasteiger charge is 2.27. The zero-order valence-electron chi connectivity index (χ0n) is 17.8. The maximum absolute atomic E-state index is 12.4. The Labute approximate surface area is 193 Å². The van der Waals surface area contributed by atoms with Gasteiger partial charge in [0.05, 0.1) is 24.7 Å². The molecule has 13 heteroatoms. The van der Waals surface area contributed by atoms with Crippen molar-refractivity contribution in [3.05, 3.63) is 0 Å². The normalized spacial score (nSPS) is 16.7. The van der Waals surface area contributed by atoms with Crippen LogP contribution in [0.25, 0.3) is 0 Å². The summed E-state index contributed by atoms with van der Waals surface area (Å²) in [5.41, 5.74) is 0. The van der Waals surface area contributed by atoms with E-state index in [1.165, 1.54) is 4.31 Å². The summed E-state index contributed by atoms with van der Waals surface area (Å²) < 4.78 is 56.3. The summed E-state index contributed by atoms with van der Waals surface area (Å²) in [6.45, 7) is 9.37. The Balaban J connectivity index is 0.00000784. The second kappa shape index (κ2) is 14.0. The van der Waals surface area contributed by atoms with E-state index in [-0.39, 0.29) is 42.4 Å². The first-order valence-electron chi connectivity index (χ1n) is 9.62. The highest BCUT2D eigenvalue weighted by molar-refractivity contribution is 14.0. The Morgan fingerprint density at radius 3 is 2.28 bits per heavy atom. The first-order valence-corrected chi connectivity index (χ1v) is 13.1. The number of rotatable bonds is 11. The van der Waals surface area contributed by atoms with Gasteiger partial charge in [-0.2, -0.15) is 4.31 Å². The van der Waals surface area contributed by atoms with Crippen molar-refractivity contribution in [3.63, 3.8) is 0 Å². The molecular formula is C16H36IN5O5S2. The molecule has 0 atom stereocenters. The Bertz CT molecular complexity index is 692. The predicted octanol–water partition coefficient (Wildman–Crippen LogP) is -0.118. The zero-order valence-corrected chi connectivity index (χ0v) is 21.7. The topological polar surface area (TPSA) is 120 Å². The van der Waals surface area contributed by atoms with Gasteiger partial charge in [0, 0.05) is 45.8 Å². The summed E-state index contributed by atoms with van der Waals surface area (Å²) in [6.07, 6.45) is 1.73. The van der Waals surface area contributed by atoms with E-state index in [4.69, 9.17) is 4.74 Å². The van der Waals surface area contributed by atoms with E-state index in [0.29, 0.717) is 52.2 Å². The van der Waals surface area contributed by atoms with E-state index >= 15 is 0 Å². The average Bonchev–Trinajstić information content (AvgIpc) is 2.59. The van der Waals surface area contributed by atoms with Gasteiger partial charge in [-0.1, -0.05) is 0 Å². The van der Waals surface area contributed by atoms with Gasteiger partial charge in [-0.3, -0.25) is 4.99 Å². The van der Waals surface area contributed by atoms with Gasteiger partial charge >= 0.3 is 0 Å². The first kappa shape index (κ1) is 28.8. The third kappa shape index (κ3) is 12.3. The van der Waals surface area contributed by atoms with E-state index < -0.39 is 20.0 Å². The molecule has 1 fully saturated rings. The Hall–Kier alpha value is -0.220. The molecule has 0 aromatic carbocycles. The lowest BCUT2D eigenvalue weighted by Gasteiger charge is -2.36. The molecule has 0 aromatic rings. The Morgan fingerprint density at radius 1 is 1.14 bits per heavy atom. The number of guanidine groups is 1. The summed E-state index contributed by atoms with van der Waals surface area (Å²) in [6, 6.07) is 0. The van der Waals surface area contributed by atoms with Crippen LogP contribution in [0, 0.1) is 0 Å². The number of hydrogen-bond acceptors (Lipinski definition) is 6. The van der Waals surface area contributed by atoms with Crippen molar-refractivity contribution in [1.29, 1.82) is 0 Å². The molecule has 0 aliphatic carbocycles. The Morgan fingerprint density at radius 2 is 1.76 bits per heavy atom. The van der Waals surface area contributed by atoms with Crippen molar-refractivity contribution in [2.45, 2.75) is 33.3 Å². The van der Waals surface area contributed by atoms with Crippen molar-refractivity contribution < 1.29 is 21.6 Å². The molecule has 0 radical (unpaired) electrons. The summed E-state index contributed by atoms with van der Waals surface area (Å²) in [5, 5.41) is 3.21. The van der Waals surface area contributed by atoms with Crippen molar-refractivity contribution in [2.24, 2.45) is 4.99 Å². The molecule has 174 valence electrons. The van der Waals surface area contributed by atoms with Crippen molar-refractivity contribution in [2.75, 3.05) is 64.4 Å². The fourth-order valence-electron chi connectivity index (χ4n) is 2.64. The number of sulfonamides is 2. The van der Waals surface area contributed by atoms with Crippen LogP contribution >= 0.6 is 24.0 Å². The van der Waals surface area contributed by atoms with Crippen LogP contribution < -0.4 is 10.0 Å². The smallest absolute Gasteiger partial charge is 0.216 e. The van der Waals surface area contributed by atoms with Crippen molar-refractivity contribution in [3.8, 4) is 0 Å². The van der Waals surface area contributed by atoms with Crippen molar-refractivity contribution in [1.82, 2.24) is 19.2 Å². The van der Waals surface area contributed by atoms with E-state index in [0.717, 1.165) is 12.2 Å². The van der Waals surface area contributed by atoms with Gasteiger partial charge in [-0.15, -0.1) is 24.0 Å². The lowest BCUT2D eigenvalue weighted by molar-refractivity contribution is 0.0904. The molecule has 1 heterocycles. The van der Waals surface area contributed by atoms with E-state index in [1.807, 2.05) is 25.7 Å². The van der Waals surface area contributed by atoms with Gasteiger partial charge < -0.3 is 15.0 Å². The standard InChI is InChI=1S/C16H35N5O5S2.HI/c1-5-17-16(18-7-6-8-19-27(4,22)23)20-9-11-21(12-10-20)28(24,25)14-13-26-15(2)3;/h15,19H,5-14H2,1-4H3,(H,17,18);1H. The molecule has 1 aliphatic rings. The maximum Gasteiger partial charge on any atom is 0.216 e. The van der Waals surface area contributed by atoms with Crippen LogP contribution in [0.2, 0.25) is 0 Å². The third-order valence-electron chi connectivity index (χ3n) is 4.02. The van der Waals surface area contributed by atoms with Gasteiger partial charge in [0.1, 0.15) is 0 Å². The lowest BCUT2D eigenvalue weighted by atomic mass is 10.4. The average molecular weight is 570 g/mol. The summed E-state index contributed by atoms with van der Waals surface area (Å²) in [7, 11) is -6.51. The molecule has 0 saturated carbocycles. The van der Waals surface area contributed by atoms with Crippen LogP contribution in [0.5, 0.6) is 0 Å². The summed E-state index contributed by atoms with van der Waals surface area (Å²) >= 11 is 0. The number of aliphatic imine (C=N–C) groups is 1. The quantitative estimate of drug-likeness (QED) is 0.154. The predicted molar refractivity (Wildman–Crippen MR) is 127 cm³/mol. The molecule has 29 heavy (non-hydrogen) atoms. The van der Waals surface area contributed by atoms with Crippen LogP contribution in [0.15, 0.2) is 4.99 Å². The largest absolute Gasteiger partial charge is 0.378 e. The molecule has 2 N–H and O–H groups in total. The fourth-order valence-corrected chi connectivity index (χ4v) is 4.44. The minimum Gasteiger partial charge on any atom is -0.378 e. The number of ether oxygens (including phenoxy) is 1. The second-order valence-corrected chi connectivity index (χ2v) is 10.8. The van der Waals surface area contributed by atoms with Crippen LogP contribution in [-0.4, -0.2) is 103 Å². The molecule has 0 unspecified atom stereocenters. The number of hydrogen-bond donors (Lipinski definition) is 2. The molecule has 0 spiro atoms. The van der Waals surface area contributed by atoms with E-state index in [9.17, 15) is 16.8 Å². The monoisotopic (exact) mass is 569 g/mol. The highest BCUT2D eigenvalue weighted by atomic mass is 127. The number of nitrogens with one attached hydrogen (secondary N) is 2. The van der Waals surface area contributed by atoms with Gasteiger partial charge in [0.15, 0.2) is 5.96 Å².